The lowest BCUT2D eigenvalue weighted by Crippen LogP contribution is -2.29. The molecule has 0 aromatic rings. The van der Waals surface area contributed by atoms with Gasteiger partial charge in [-0.1, -0.05) is 11.2 Å². The van der Waals surface area contributed by atoms with Crippen LogP contribution in [0.1, 0.15) is 26.2 Å². The van der Waals surface area contributed by atoms with Crippen LogP contribution < -0.4 is 0 Å². The molecule has 1 aliphatic rings. The van der Waals surface area contributed by atoms with Crippen LogP contribution in [0.5, 0.6) is 0 Å². The van der Waals surface area contributed by atoms with E-state index >= 15 is 0 Å². The first-order valence-electron chi connectivity index (χ1n) is 4.87. The Balaban J connectivity index is 0.000000325. The molecule has 4 nitrogen and oxygen atoms in total. The predicted octanol–water partition coefficient (Wildman–Crippen LogP) is 2.86. The van der Waals surface area contributed by atoms with Crippen LogP contribution in [-0.2, 0) is 4.79 Å². The van der Waals surface area contributed by atoms with Crippen LogP contribution in [0, 0.1) is 0 Å². The highest BCUT2D eigenvalue weighted by Crippen LogP contribution is 2.25. The highest BCUT2D eigenvalue weighted by Gasteiger charge is 2.26. The standard InChI is InChI=1S/C6H9Cl2NO.C4H6O2/c7-4-2-1-3-5(9-10)6(4)8;1-2-3-4(5)6/h4,6,10H,1-3H2;2-3H,1H3,(H,5,6). The Labute approximate surface area is 105 Å². The van der Waals surface area contributed by atoms with E-state index in [4.69, 9.17) is 33.5 Å². The van der Waals surface area contributed by atoms with Gasteiger partial charge in [0.15, 0.2) is 0 Å². The summed E-state index contributed by atoms with van der Waals surface area (Å²) in [7, 11) is 0. The second-order valence-corrected chi connectivity index (χ2v) is 4.27. The lowest BCUT2D eigenvalue weighted by Gasteiger charge is -2.21. The summed E-state index contributed by atoms with van der Waals surface area (Å²) in [4.78, 5) is 9.51. The molecule has 0 amide bonds. The Morgan fingerprint density at radius 2 is 2.19 bits per heavy atom. The molecule has 1 rings (SSSR count). The van der Waals surface area contributed by atoms with Crippen molar-refractivity contribution in [3.05, 3.63) is 12.2 Å². The van der Waals surface area contributed by atoms with E-state index in [9.17, 15) is 4.79 Å². The maximum absolute atomic E-state index is 9.51. The van der Waals surface area contributed by atoms with Gasteiger partial charge in [0.25, 0.3) is 0 Å². The zero-order chi connectivity index (χ0) is 12.6. The van der Waals surface area contributed by atoms with Crippen molar-refractivity contribution in [2.45, 2.75) is 36.9 Å². The molecule has 16 heavy (non-hydrogen) atoms. The molecule has 2 atom stereocenters. The van der Waals surface area contributed by atoms with Crippen LogP contribution in [0.25, 0.3) is 0 Å². The van der Waals surface area contributed by atoms with Gasteiger partial charge >= 0.3 is 5.97 Å². The van der Waals surface area contributed by atoms with E-state index in [0.29, 0.717) is 5.71 Å². The van der Waals surface area contributed by atoms with E-state index in [-0.39, 0.29) is 10.8 Å². The van der Waals surface area contributed by atoms with Crippen LogP contribution in [0.4, 0.5) is 0 Å². The van der Waals surface area contributed by atoms with Crippen LogP contribution in [0.3, 0.4) is 0 Å². The van der Waals surface area contributed by atoms with Gasteiger partial charge in [0, 0.05) is 6.08 Å². The Morgan fingerprint density at radius 1 is 1.56 bits per heavy atom. The number of hydrogen-bond acceptors (Lipinski definition) is 3. The molecule has 1 aliphatic carbocycles. The minimum Gasteiger partial charge on any atom is -0.478 e. The number of allylic oxidation sites excluding steroid dienone is 1. The average molecular weight is 268 g/mol. The molecule has 0 aliphatic heterocycles. The molecule has 92 valence electrons. The highest BCUT2D eigenvalue weighted by molar-refractivity contribution is 6.38. The fourth-order valence-electron chi connectivity index (χ4n) is 1.22. The van der Waals surface area contributed by atoms with E-state index in [0.717, 1.165) is 25.3 Å². The second kappa shape index (κ2) is 8.42. The van der Waals surface area contributed by atoms with Gasteiger partial charge < -0.3 is 10.3 Å². The topological polar surface area (TPSA) is 69.9 Å². The molecule has 1 fully saturated rings. The highest BCUT2D eigenvalue weighted by atomic mass is 35.5. The van der Waals surface area contributed by atoms with Gasteiger partial charge in [0.1, 0.15) is 0 Å². The largest absolute Gasteiger partial charge is 0.478 e. The van der Waals surface area contributed by atoms with Gasteiger partial charge in [-0.3, -0.25) is 0 Å². The van der Waals surface area contributed by atoms with Gasteiger partial charge in [-0.15, -0.1) is 23.2 Å². The van der Waals surface area contributed by atoms with E-state index in [1.165, 1.54) is 6.08 Å². The first-order valence-corrected chi connectivity index (χ1v) is 5.74. The molecular formula is C10H15Cl2NO3. The number of carboxylic acids is 1. The van der Waals surface area contributed by atoms with Crippen molar-refractivity contribution in [2.75, 3.05) is 0 Å². The molecule has 0 radical (unpaired) electrons. The van der Waals surface area contributed by atoms with Crippen molar-refractivity contribution in [2.24, 2.45) is 5.16 Å². The molecule has 0 aromatic heterocycles. The summed E-state index contributed by atoms with van der Waals surface area (Å²) in [6.07, 6.45) is 5.21. The first-order chi connectivity index (χ1) is 7.52. The quantitative estimate of drug-likeness (QED) is 0.332. The Bertz CT molecular complexity index is 279. The number of aliphatic carboxylic acids is 1. The second-order valence-electron chi connectivity index (χ2n) is 3.24. The van der Waals surface area contributed by atoms with Crippen LogP contribution in [0.2, 0.25) is 0 Å². The summed E-state index contributed by atoms with van der Waals surface area (Å²) in [5.74, 6) is -0.891. The molecule has 0 heterocycles. The minimum absolute atomic E-state index is 0.0682. The Hall–Kier alpha value is -0.740. The Morgan fingerprint density at radius 3 is 2.50 bits per heavy atom. The van der Waals surface area contributed by atoms with Crippen molar-refractivity contribution in [3.8, 4) is 0 Å². The van der Waals surface area contributed by atoms with Gasteiger partial charge in [0.05, 0.1) is 16.5 Å². The van der Waals surface area contributed by atoms with Gasteiger partial charge in [-0.25, -0.2) is 4.79 Å². The average Bonchev–Trinajstić information content (AvgIpc) is 2.23. The number of alkyl halides is 2. The minimum atomic E-state index is -0.891. The van der Waals surface area contributed by atoms with Crippen LogP contribution in [-0.4, -0.2) is 32.7 Å². The number of oxime groups is 1. The zero-order valence-corrected chi connectivity index (χ0v) is 10.4. The third kappa shape index (κ3) is 5.98. The van der Waals surface area contributed by atoms with Crippen molar-refractivity contribution in [1.82, 2.24) is 0 Å². The van der Waals surface area contributed by atoms with E-state index in [1.54, 1.807) is 6.92 Å². The van der Waals surface area contributed by atoms with Gasteiger partial charge in [-0.2, -0.15) is 0 Å². The monoisotopic (exact) mass is 267 g/mol. The van der Waals surface area contributed by atoms with Crippen molar-refractivity contribution < 1.29 is 15.1 Å². The molecule has 2 N–H and O–H groups in total. The molecule has 2 unspecified atom stereocenters. The molecule has 0 aromatic carbocycles. The van der Waals surface area contributed by atoms with Crippen LogP contribution in [0.15, 0.2) is 17.3 Å². The summed E-state index contributed by atoms with van der Waals surface area (Å²) >= 11 is 11.6. The number of carbonyl (C=O) groups is 1. The fraction of sp³-hybridized carbons (Fsp3) is 0.600. The molecular weight excluding hydrogens is 253 g/mol. The Kier molecular flexibility index (Phi) is 8.03. The summed E-state index contributed by atoms with van der Waals surface area (Å²) in [5, 5.41) is 19.0. The number of rotatable bonds is 1. The van der Waals surface area contributed by atoms with Crippen molar-refractivity contribution in [3.63, 3.8) is 0 Å². The van der Waals surface area contributed by atoms with E-state index in [1.807, 2.05) is 0 Å². The molecule has 0 spiro atoms. The van der Waals surface area contributed by atoms with E-state index in [2.05, 4.69) is 5.16 Å². The molecule has 6 heteroatoms. The summed E-state index contributed by atoms with van der Waals surface area (Å²) < 4.78 is 0. The van der Waals surface area contributed by atoms with Gasteiger partial charge in [0.2, 0.25) is 0 Å². The SMILES string of the molecule is CC=CC(=O)O.ON=C1CCCC(Cl)C1Cl. The zero-order valence-electron chi connectivity index (χ0n) is 8.94. The number of hydrogen-bond donors (Lipinski definition) is 2. The normalized spacial score (nSPS) is 27.6. The molecule has 1 saturated carbocycles. The smallest absolute Gasteiger partial charge is 0.327 e. The van der Waals surface area contributed by atoms with E-state index < -0.39 is 5.97 Å². The third-order valence-corrected chi connectivity index (χ3v) is 3.14. The van der Waals surface area contributed by atoms with Crippen molar-refractivity contribution >= 4 is 34.9 Å². The lowest BCUT2D eigenvalue weighted by molar-refractivity contribution is -0.131. The molecule has 0 bridgehead atoms. The number of carboxylic acid groups (broad SMARTS) is 1. The third-order valence-electron chi connectivity index (χ3n) is 1.99. The predicted molar refractivity (Wildman–Crippen MR) is 64.8 cm³/mol. The molecule has 0 saturated heterocycles. The van der Waals surface area contributed by atoms with Gasteiger partial charge in [-0.05, 0) is 26.2 Å². The number of nitrogens with zero attached hydrogens (tertiary/aromatic N) is 1. The first kappa shape index (κ1) is 15.3. The van der Waals surface area contributed by atoms with Crippen molar-refractivity contribution in [1.29, 1.82) is 0 Å². The summed E-state index contributed by atoms with van der Waals surface area (Å²) in [6, 6.07) is 0. The maximum atomic E-state index is 9.51. The fourth-order valence-corrected chi connectivity index (χ4v) is 1.80. The lowest BCUT2D eigenvalue weighted by atomic mass is 9.98. The summed E-state index contributed by atoms with van der Waals surface area (Å²) in [5.41, 5.74) is 0.618. The summed E-state index contributed by atoms with van der Waals surface area (Å²) in [6.45, 7) is 1.66. The van der Waals surface area contributed by atoms with Crippen LogP contribution >= 0.6 is 23.2 Å². The number of halogens is 2. The maximum Gasteiger partial charge on any atom is 0.327 e.